The highest BCUT2D eigenvalue weighted by atomic mass is 16.3. The first kappa shape index (κ1) is 13.2. The highest BCUT2D eigenvalue weighted by Gasteiger charge is 2.08. The molecule has 0 aliphatic rings. The molecular formula is C22H14O2. The van der Waals surface area contributed by atoms with E-state index in [0.29, 0.717) is 0 Å². The Morgan fingerprint density at radius 3 is 1.17 bits per heavy atom. The van der Waals surface area contributed by atoms with Gasteiger partial charge < -0.3 is 10.2 Å². The molecule has 0 heterocycles. The number of phenols is 2. The van der Waals surface area contributed by atoms with Gasteiger partial charge in [-0.15, -0.1) is 0 Å². The highest BCUT2D eigenvalue weighted by Crippen LogP contribution is 2.36. The quantitative estimate of drug-likeness (QED) is 0.360. The largest absolute Gasteiger partial charge is 0.508 e. The molecule has 0 radical (unpaired) electrons. The van der Waals surface area contributed by atoms with Gasteiger partial charge in [0.25, 0.3) is 0 Å². The summed E-state index contributed by atoms with van der Waals surface area (Å²) in [4.78, 5) is 0. The molecule has 2 N–H and O–H groups in total. The third kappa shape index (κ3) is 1.77. The summed E-state index contributed by atoms with van der Waals surface area (Å²) in [7, 11) is 0. The van der Waals surface area contributed by atoms with Crippen LogP contribution in [0.15, 0.2) is 72.8 Å². The summed E-state index contributed by atoms with van der Waals surface area (Å²) in [6, 6.07) is 23.6. The maximum atomic E-state index is 9.69. The molecule has 24 heavy (non-hydrogen) atoms. The van der Waals surface area contributed by atoms with E-state index >= 15 is 0 Å². The van der Waals surface area contributed by atoms with E-state index in [1.165, 1.54) is 21.5 Å². The summed E-state index contributed by atoms with van der Waals surface area (Å²) in [5.74, 6) is 0.571. The standard InChI is InChI=1S/C22H14O2/c23-15-3-7-17-13(11-15)1-5-21-19(17)9-10-20-18-8-4-16(24)12-14(18)2-6-22(20)21/h1-12,23-24H. The van der Waals surface area contributed by atoms with Crippen LogP contribution in [0.4, 0.5) is 0 Å². The minimum absolute atomic E-state index is 0.286. The minimum Gasteiger partial charge on any atom is -0.508 e. The van der Waals surface area contributed by atoms with Gasteiger partial charge in [0.05, 0.1) is 0 Å². The summed E-state index contributed by atoms with van der Waals surface area (Å²) < 4.78 is 0. The molecule has 0 saturated carbocycles. The molecule has 2 heteroatoms. The van der Waals surface area contributed by atoms with E-state index in [0.717, 1.165) is 21.5 Å². The van der Waals surface area contributed by atoms with E-state index in [1.807, 2.05) is 12.1 Å². The van der Waals surface area contributed by atoms with Gasteiger partial charge in [0.1, 0.15) is 11.5 Å². The number of rotatable bonds is 0. The predicted octanol–water partition coefficient (Wildman–Crippen LogP) is 5.71. The average molecular weight is 310 g/mol. The van der Waals surface area contributed by atoms with Gasteiger partial charge in [0, 0.05) is 0 Å². The minimum atomic E-state index is 0.286. The lowest BCUT2D eigenvalue weighted by Gasteiger charge is -2.10. The molecule has 0 amide bonds. The van der Waals surface area contributed by atoms with Crippen molar-refractivity contribution in [2.75, 3.05) is 0 Å². The van der Waals surface area contributed by atoms with Crippen molar-refractivity contribution >= 4 is 43.1 Å². The van der Waals surface area contributed by atoms with Gasteiger partial charge in [-0.05, 0) is 67.4 Å². The van der Waals surface area contributed by atoms with Crippen LogP contribution in [0.1, 0.15) is 0 Å². The lowest BCUT2D eigenvalue weighted by Crippen LogP contribution is -1.83. The zero-order valence-electron chi connectivity index (χ0n) is 12.8. The lowest BCUT2D eigenvalue weighted by atomic mass is 9.94. The predicted molar refractivity (Wildman–Crippen MR) is 99.8 cm³/mol. The van der Waals surface area contributed by atoms with E-state index < -0.39 is 0 Å². The number of phenolic OH excluding ortho intramolecular Hbond substituents is 2. The summed E-state index contributed by atoms with van der Waals surface area (Å²) in [5, 5.41) is 28.5. The SMILES string of the molecule is Oc1ccc2c(ccc3c2ccc2c4ccc(O)cc4ccc23)c1. The second-order valence-corrected chi connectivity index (χ2v) is 6.20. The van der Waals surface area contributed by atoms with Crippen LogP contribution in [0.3, 0.4) is 0 Å². The smallest absolute Gasteiger partial charge is 0.116 e. The monoisotopic (exact) mass is 310 g/mol. The van der Waals surface area contributed by atoms with Crippen LogP contribution in [-0.4, -0.2) is 10.2 Å². The van der Waals surface area contributed by atoms with Crippen molar-refractivity contribution in [2.24, 2.45) is 0 Å². The van der Waals surface area contributed by atoms with E-state index in [2.05, 4.69) is 36.4 Å². The summed E-state index contributed by atoms with van der Waals surface area (Å²) in [6.45, 7) is 0. The van der Waals surface area contributed by atoms with Crippen LogP contribution in [0.2, 0.25) is 0 Å². The molecule has 0 bridgehead atoms. The van der Waals surface area contributed by atoms with Crippen molar-refractivity contribution in [1.29, 1.82) is 0 Å². The van der Waals surface area contributed by atoms with E-state index in [1.54, 1.807) is 24.3 Å². The molecule has 0 fully saturated rings. The number of hydrogen-bond donors (Lipinski definition) is 2. The summed E-state index contributed by atoms with van der Waals surface area (Å²) in [6.07, 6.45) is 0. The van der Waals surface area contributed by atoms with Crippen LogP contribution >= 0.6 is 0 Å². The Morgan fingerprint density at radius 2 is 0.708 bits per heavy atom. The molecule has 0 aromatic heterocycles. The maximum absolute atomic E-state index is 9.69. The first-order valence-electron chi connectivity index (χ1n) is 7.91. The fourth-order valence-corrected chi connectivity index (χ4v) is 3.68. The molecule has 0 unspecified atom stereocenters. The molecule has 2 nitrogen and oxygen atoms in total. The van der Waals surface area contributed by atoms with Crippen molar-refractivity contribution in [3.8, 4) is 11.5 Å². The number of hydrogen-bond acceptors (Lipinski definition) is 2. The average Bonchev–Trinajstić information content (AvgIpc) is 2.60. The van der Waals surface area contributed by atoms with Crippen molar-refractivity contribution < 1.29 is 10.2 Å². The molecule has 0 atom stereocenters. The fraction of sp³-hybridized carbons (Fsp3) is 0. The Bertz CT molecular complexity index is 1170. The summed E-state index contributed by atoms with van der Waals surface area (Å²) in [5.41, 5.74) is 0. The Hall–Kier alpha value is -3.26. The third-order valence-corrected chi connectivity index (χ3v) is 4.80. The molecule has 0 aliphatic carbocycles. The number of benzene rings is 5. The van der Waals surface area contributed by atoms with Crippen molar-refractivity contribution in [1.82, 2.24) is 0 Å². The van der Waals surface area contributed by atoms with Crippen molar-refractivity contribution in [3.05, 3.63) is 72.8 Å². The lowest BCUT2D eigenvalue weighted by molar-refractivity contribution is 0.475. The van der Waals surface area contributed by atoms with Gasteiger partial charge in [-0.25, -0.2) is 0 Å². The van der Waals surface area contributed by atoms with Gasteiger partial charge in [-0.2, -0.15) is 0 Å². The molecule has 0 spiro atoms. The normalized spacial score (nSPS) is 11.7. The maximum Gasteiger partial charge on any atom is 0.116 e. The van der Waals surface area contributed by atoms with E-state index in [-0.39, 0.29) is 11.5 Å². The zero-order valence-corrected chi connectivity index (χ0v) is 12.8. The van der Waals surface area contributed by atoms with Crippen LogP contribution in [0, 0.1) is 0 Å². The molecule has 5 aromatic carbocycles. The van der Waals surface area contributed by atoms with Crippen LogP contribution in [-0.2, 0) is 0 Å². The summed E-state index contributed by atoms with van der Waals surface area (Å²) >= 11 is 0. The molecule has 0 aliphatic heterocycles. The van der Waals surface area contributed by atoms with Crippen molar-refractivity contribution in [2.45, 2.75) is 0 Å². The van der Waals surface area contributed by atoms with Gasteiger partial charge in [-0.1, -0.05) is 48.5 Å². The van der Waals surface area contributed by atoms with Crippen LogP contribution in [0.5, 0.6) is 11.5 Å². The highest BCUT2D eigenvalue weighted by molar-refractivity contribution is 6.22. The van der Waals surface area contributed by atoms with Crippen LogP contribution < -0.4 is 0 Å². The topological polar surface area (TPSA) is 40.5 Å². The number of fused-ring (bicyclic) bond motifs is 7. The van der Waals surface area contributed by atoms with Gasteiger partial charge in [0.2, 0.25) is 0 Å². The van der Waals surface area contributed by atoms with Gasteiger partial charge in [0.15, 0.2) is 0 Å². The molecule has 114 valence electrons. The first-order chi connectivity index (χ1) is 11.7. The number of aromatic hydroxyl groups is 2. The molecule has 5 rings (SSSR count). The van der Waals surface area contributed by atoms with Gasteiger partial charge >= 0.3 is 0 Å². The Morgan fingerprint density at radius 1 is 0.375 bits per heavy atom. The Kier molecular flexibility index (Phi) is 2.54. The van der Waals surface area contributed by atoms with E-state index in [9.17, 15) is 10.2 Å². The molecule has 5 aromatic rings. The molecular weight excluding hydrogens is 296 g/mol. The Balaban J connectivity index is 1.97. The van der Waals surface area contributed by atoms with E-state index in [4.69, 9.17) is 0 Å². The second-order valence-electron chi connectivity index (χ2n) is 6.20. The van der Waals surface area contributed by atoms with Gasteiger partial charge in [-0.3, -0.25) is 0 Å². The third-order valence-electron chi connectivity index (χ3n) is 4.80. The Labute approximate surface area is 138 Å². The second kappa shape index (κ2) is 4.62. The molecule has 0 saturated heterocycles. The first-order valence-corrected chi connectivity index (χ1v) is 7.91. The fourth-order valence-electron chi connectivity index (χ4n) is 3.68. The zero-order chi connectivity index (χ0) is 16.3. The van der Waals surface area contributed by atoms with Crippen molar-refractivity contribution in [3.63, 3.8) is 0 Å². The van der Waals surface area contributed by atoms with Crippen LogP contribution in [0.25, 0.3) is 43.1 Å².